The first-order valence-corrected chi connectivity index (χ1v) is 22.1. The molecule has 1 N–H and O–H groups in total. The van der Waals surface area contributed by atoms with Crippen molar-refractivity contribution in [2.24, 2.45) is 0 Å². The van der Waals surface area contributed by atoms with Crippen molar-refractivity contribution < 1.29 is 14.4 Å². The molecule has 0 aliphatic carbocycles. The molecule has 3 nitrogen and oxygen atoms in total. The van der Waals surface area contributed by atoms with Crippen LogP contribution in [-0.4, -0.2) is 46.6 Å². The molecular formula is C42H85BrNO2+. The van der Waals surface area contributed by atoms with Crippen LogP contribution in [0.1, 0.15) is 233 Å². The molecule has 0 saturated carbocycles. The summed E-state index contributed by atoms with van der Waals surface area (Å²) < 4.78 is 1.31. The Labute approximate surface area is 298 Å². The van der Waals surface area contributed by atoms with Gasteiger partial charge in [-0.2, -0.15) is 0 Å². The molecule has 0 aromatic rings. The lowest BCUT2D eigenvalue weighted by atomic mass is 10.0. The molecule has 0 saturated heterocycles. The highest BCUT2D eigenvalue weighted by Crippen LogP contribution is 2.22. The van der Waals surface area contributed by atoms with Crippen molar-refractivity contribution in [3.63, 3.8) is 0 Å². The van der Waals surface area contributed by atoms with Crippen molar-refractivity contribution in [3.05, 3.63) is 0 Å². The molecule has 1 atom stereocenters. The van der Waals surface area contributed by atoms with Gasteiger partial charge in [0.25, 0.3) is 0 Å². The van der Waals surface area contributed by atoms with Crippen LogP contribution in [0.25, 0.3) is 0 Å². The first kappa shape index (κ1) is 45.9. The summed E-state index contributed by atoms with van der Waals surface area (Å²) in [6.07, 6.45) is 45.2. The Bertz CT molecular complexity index is 553. The molecule has 0 heterocycles. The van der Waals surface area contributed by atoms with Crippen LogP contribution in [-0.2, 0) is 4.79 Å². The summed E-state index contributed by atoms with van der Waals surface area (Å²) in [5.41, 5.74) is 0. The van der Waals surface area contributed by atoms with E-state index in [1.54, 1.807) is 0 Å². The van der Waals surface area contributed by atoms with Crippen molar-refractivity contribution in [2.75, 3.05) is 26.2 Å². The van der Waals surface area contributed by atoms with E-state index in [1.165, 1.54) is 230 Å². The number of unbranched alkanes of at least 4 members (excludes halogenated alkanes) is 28. The Kier molecular flexibility index (Phi) is 36.1. The number of carbonyl (C=O) groups is 1. The fraction of sp³-hybridized carbons (Fsp3) is 0.976. The Hall–Kier alpha value is -0.0900. The summed E-state index contributed by atoms with van der Waals surface area (Å²) in [5.74, 6) is -0.707. The van der Waals surface area contributed by atoms with Gasteiger partial charge in [-0.25, -0.2) is 0 Å². The number of carboxylic acids is 1. The minimum Gasteiger partial charge on any atom is -0.480 e. The normalized spacial score (nSPS) is 12.6. The summed E-state index contributed by atoms with van der Waals surface area (Å²) in [4.78, 5) is 11.0. The Morgan fingerprint density at radius 2 is 0.630 bits per heavy atom. The number of carboxylic acid groups (broad SMARTS) is 1. The van der Waals surface area contributed by atoms with Crippen LogP contribution in [0.15, 0.2) is 0 Å². The van der Waals surface area contributed by atoms with Gasteiger partial charge in [0, 0.05) is 0 Å². The molecule has 0 aliphatic rings. The predicted molar refractivity (Wildman–Crippen MR) is 209 cm³/mol. The van der Waals surface area contributed by atoms with Gasteiger partial charge < -0.3 is 9.59 Å². The fourth-order valence-electron chi connectivity index (χ4n) is 7.37. The van der Waals surface area contributed by atoms with Crippen molar-refractivity contribution in [3.8, 4) is 0 Å². The Morgan fingerprint density at radius 3 is 0.870 bits per heavy atom. The molecule has 0 rings (SSSR count). The molecule has 4 heteroatoms. The average Bonchev–Trinajstić information content (AvgIpc) is 3.05. The summed E-state index contributed by atoms with van der Waals surface area (Å²) >= 11 is 3.39. The number of rotatable bonds is 39. The van der Waals surface area contributed by atoms with Crippen LogP contribution in [0.2, 0.25) is 0 Å². The van der Waals surface area contributed by atoms with E-state index in [0.717, 1.165) is 12.8 Å². The second kappa shape index (κ2) is 36.2. The van der Waals surface area contributed by atoms with Gasteiger partial charge in [0.15, 0.2) is 0 Å². The van der Waals surface area contributed by atoms with Crippen LogP contribution >= 0.6 is 15.9 Å². The molecular weight excluding hydrogens is 630 g/mol. The van der Waals surface area contributed by atoms with Gasteiger partial charge in [0.2, 0.25) is 0 Å². The summed E-state index contributed by atoms with van der Waals surface area (Å²) in [6.45, 7) is 12.2. The van der Waals surface area contributed by atoms with E-state index in [4.69, 9.17) is 0 Å². The number of nitrogens with zero attached hydrogens (tertiary/aromatic N) is 1. The van der Waals surface area contributed by atoms with Crippen molar-refractivity contribution >= 4 is 21.9 Å². The van der Waals surface area contributed by atoms with E-state index in [0.29, 0.717) is 0 Å². The van der Waals surface area contributed by atoms with Crippen LogP contribution in [0, 0.1) is 0 Å². The van der Waals surface area contributed by atoms with Crippen molar-refractivity contribution in [1.29, 1.82) is 0 Å². The zero-order valence-corrected chi connectivity index (χ0v) is 33.5. The van der Waals surface area contributed by atoms with Crippen LogP contribution in [0.5, 0.6) is 0 Å². The van der Waals surface area contributed by atoms with Crippen LogP contribution in [0.4, 0.5) is 0 Å². The van der Waals surface area contributed by atoms with Crippen molar-refractivity contribution in [1.82, 2.24) is 0 Å². The lowest BCUT2D eigenvalue weighted by Crippen LogP contribution is -2.50. The standard InChI is InChI=1S/C42H84BrNO2/c1-4-7-10-13-16-19-22-25-28-32-37-44(40-35-31-36-41(43)42(45)46,38-33-29-26-23-20-17-14-11-8-5-2)39-34-30-27-24-21-18-15-12-9-6-3/h41H,4-40H2,1-3H3/p+1. The number of hydrogen-bond acceptors (Lipinski definition) is 1. The zero-order valence-electron chi connectivity index (χ0n) is 31.9. The van der Waals surface area contributed by atoms with Crippen molar-refractivity contribution in [2.45, 2.75) is 237 Å². The second-order valence-electron chi connectivity index (χ2n) is 15.1. The number of quaternary nitrogens is 1. The highest BCUT2D eigenvalue weighted by atomic mass is 79.9. The Morgan fingerprint density at radius 1 is 0.413 bits per heavy atom. The maximum Gasteiger partial charge on any atom is 0.317 e. The molecule has 0 fully saturated rings. The smallest absolute Gasteiger partial charge is 0.317 e. The number of aliphatic carboxylic acids is 1. The van der Waals surface area contributed by atoms with Gasteiger partial charge in [-0.3, -0.25) is 4.79 Å². The average molecular weight is 716 g/mol. The van der Waals surface area contributed by atoms with Gasteiger partial charge >= 0.3 is 5.97 Å². The van der Waals surface area contributed by atoms with E-state index in [-0.39, 0.29) is 4.83 Å². The van der Waals surface area contributed by atoms with E-state index in [9.17, 15) is 9.90 Å². The molecule has 46 heavy (non-hydrogen) atoms. The highest BCUT2D eigenvalue weighted by Gasteiger charge is 2.26. The first-order valence-electron chi connectivity index (χ1n) is 21.2. The topological polar surface area (TPSA) is 37.3 Å². The third-order valence-electron chi connectivity index (χ3n) is 10.6. The number of alkyl halides is 1. The molecule has 1 unspecified atom stereocenters. The molecule has 0 aliphatic heterocycles. The summed E-state index contributed by atoms with van der Waals surface area (Å²) in [6, 6.07) is 0. The zero-order chi connectivity index (χ0) is 33.8. The monoisotopic (exact) mass is 715 g/mol. The highest BCUT2D eigenvalue weighted by molar-refractivity contribution is 9.10. The maximum atomic E-state index is 11.4. The lowest BCUT2D eigenvalue weighted by molar-refractivity contribution is -0.929. The Balaban J connectivity index is 4.90. The van der Waals surface area contributed by atoms with Crippen LogP contribution in [0.3, 0.4) is 0 Å². The largest absolute Gasteiger partial charge is 0.480 e. The SMILES string of the molecule is CCCCCCCCCCCC[N+](CCCCCCCCCCCC)(CCCCCCCCCCCC)CCCCC(Br)C(=O)O. The lowest BCUT2D eigenvalue weighted by Gasteiger charge is -2.40. The summed E-state index contributed by atoms with van der Waals surface area (Å²) in [7, 11) is 0. The van der Waals surface area contributed by atoms with Gasteiger partial charge in [-0.05, 0) is 57.8 Å². The minimum atomic E-state index is -0.707. The summed E-state index contributed by atoms with van der Waals surface area (Å²) in [5, 5.41) is 9.37. The predicted octanol–water partition coefficient (Wildman–Crippen LogP) is 14.6. The second-order valence-corrected chi connectivity index (χ2v) is 16.2. The van der Waals surface area contributed by atoms with Gasteiger partial charge in [0.1, 0.15) is 4.83 Å². The number of hydrogen-bond donors (Lipinski definition) is 1. The fourth-order valence-corrected chi connectivity index (χ4v) is 7.69. The molecule has 0 bridgehead atoms. The molecule has 0 radical (unpaired) electrons. The van der Waals surface area contributed by atoms with E-state index >= 15 is 0 Å². The first-order chi connectivity index (χ1) is 22.5. The maximum absolute atomic E-state index is 11.4. The van der Waals surface area contributed by atoms with Crippen LogP contribution < -0.4 is 0 Å². The van der Waals surface area contributed by atoms with Gasteiger partial charge in [0.05, 0.1) is 26.2 Å². The van der Waals surface area contributed by atoms with Gasteiger partial charge in [-0.15, -0.1) is 0 Å². The third kappa shape index (κ3) is 31.2. The van der Waals surface area contributed by atoms with E-state index in [1.807, 2.05) is 0 Å². The molecule has 0 amide bonds. The number of halogens is 1. The van der Waals surface area contributed by atoms with E-state index < -0.39 is 5.97 Å². The molecule has 0 spiro atoms. The van der Waals surface area contributed by atoms with Gasteiger partial charge in [-0.1, -0.05) is 191 Å². The molecule has 0 aromatic carbocycles. The molecule has 276 valence electrons. The third-order valence-corrected chi connectivity index (χ3v) is 11.4. The quantitative estimate of drug-likeness (QED) is 0.0391. The van der Waals surface area contributed by atoms with E-state index in [2.05, 4.69) is 36.7 Å². The minimum absolute atomic E-state index is 0.389. The molecule has 0 aromatic heterocycles.